The van der Waals surface area contributed by atoms with Crippen molar-refractivity contribution in [1.29, 1.82) is 0 Å². The lowest BCUT2D eigenvalue weighted by Gasteiger charge is -1.97. The van der Waals surface area contributed by atoms with Crippen molar-refractivity contribution in [1.82, 2.24) is 0 Å². The molecule has 0 N–H and O–H groups in total. The Hall–Kier alpha value is -1.03. The number of ether oxygens (including phenoxy) is 1. The summed E-state index contributed by atoms with van der Waals surface area (Å²) < 4.78 is 10.0. The molecule has 0 radical (unpaired) electrons. The van der Waals surface area contributed by atoms with Gasteiger partial charge in [0.2, 0.25) is 0 Å². The molecule has 0 saturated heterocycles. The van der Waals surface area contributed by atoms with E-state index >= 15 is 0 Å². The molecule has 0 aliphatic carbocycles. The number of hydrogen-bond acceptors (Lipinski definition) is 3. The molecule has 0 unspecified atom stereocenters. The fourth-order valence-electron chi connectivity index (χ4n) is 0.651. The summed E-state index contributed by atoms with van der Waals surface area (Å²) >= 11 is 3.07. The van der Waals surface area contributed by atoms with Gasteiger partial charge in [0.15, 0.2) is 4.67 Å². The van der Waals surface area contributed by atoms with Crippen LogP contribution in [0.5, 0.6) is 0 Å². The van der Waals surface area contributed by atoms with Gasteiger partial charge in [-0.15, -0.1) is 0 Å². The maximum absolute atomic E-state index is 11.1. The van der Waals surface area contributed by atoms with E-state index in [1.165, 1.54) is 18.4 Å². The topological polar surface area (TPSA) is 39.4 Å². The molecule has 4 heteroatoms. The molecule has 12 heavy (non-hydrogen) atoms. The normalized spacial score (nSPS) is 9.42. The second kappa shape index (κ2) is 4.11. The molecule has 1 heterocycles. The molecular formula is C8H7BrO3. The molecular weight excluding hydrogens is 224 g/mol. The van der Waals surface area contributed by atoms with Crippen molar-refractivity contribution >= 4 is 21.9 Å². The molecule has 1 aromatic heterocycles. The van der Waals surface area contributed by atoms with Crippen LogP contribution in [0.4, 0.5) is 0 Å². The standard InChI is InChI=1S/C8H7BrO3/c1-2-4-12-8(10)6-3-5-11-7(6)9/h2-3,5H,1,4H2. The lowest BCUT2D eigenvalue weighted by atomic mass is 10.3. The molecule has 0 fully saturated rings. The van der Waals surface area contributed by atoms with Crippen molar-refractivity contribution < 1.29 is 13.9 Å². The summed E-state index contributed by atoms with van der Waals surface area (Å²) in [4.78, 5) is 11.1. The van der Waals surface area contributed by atoms with Gasteiger partial charge in [0, 0.05) is 0 Å². The zero-order valence-corrected chi connectivity index (χ0v) is 7.83. The Labute approximate surface area is 78.1 Å². The monoisotopic (exact) mass is 230 g/mol. The van der Waals surface area contributed by atoms with E-state index in [4.69, 9.17) is 9.15 Å². The minimum absolute atomic E-state index is 0.205. The number of carbonyl (C=O) groups excluding carboxylic acids is 1. The highest BCUT2D eigenvalue weighted by Gasteiger charge is 2.12. The second-order valence-electron chi connectivity index (χ2n) is 2.00. The van der Waals surface area contributed by atoms with Crippen molar-refractivity contribution in [3.63, 3.8) is 0 Å². The van der Waals surface area contributed by atoms with Gasteiger partial charge < -0.3 is 9.15 Å². The SMILES string of the molecule is C=CCOC(=O)c1ccoc1Br. The number of esters is 1. The quantitative estimate of drug-likeness (QED) is 0.592. The van der Waals surface area contributed by atoms with E-state index in [-0.39, 0.29) is 6.61 Å². The Morgan fingerprint density at radius 2 is 2.58 bits per heavy atom. The van der Waals surface area contributed by atoms with Crippen LogP contribution in [-0.2, 0) is 4.74 Å². The number of rotatable bonds is 3. The zero-order valence-electron chi connectivity index (χ0n) is 6.25. The first-order chi connectivity index (χ1) is 5.75. The third-order valence-electron chi connectivity index (χ3n) is 1.17. The molecule has 0 aromatic carbocycles. The van der Waals surface area contributed by atoms with Gasteiger partial charge in [-0.3, -0.25) is 0 Å². The zero-order chi connectivity index (χ0) is 8.97. The van der Waals surface area contributed by atoms with Crippen LogP contribution in [0.25, 0.3) is 0 Å². The van der Waals surface area contributed by atoms with Crippen LogP contribution in [0, 0.1) is 0 Å². The van der Waals surface area contributed by atoms with Crippen LogP contribution >= 0.6 is 15.9 Å². The minimum Gasteiger partial charge on any atom is -0.458 e. The van der Waals surface area contributed by atoms with E-state index in [0.717, 1.165) is 0 Å². The highest BCUT2D eigenvalue weighted by molar-refractivity contribution is 9.10. The van der Waals surface area contributed by atoms with Gasteiger partial charge in [0.1, 0.15) is 12.2 Å². The molecule has 3 nitrogen and oxygen atoms in total. The summed E-state index contributed by atoms with van der Waals surface area (Å²) in [6.45, 7) is 3.63. The largest absolute Gasteiger partial charge is 0.458 e. The molecule has 0 aliphatic heterocycles. The van der Waals surface area contributed by atoms with Crippen molar-refractivity contribution in [2.24, 2.45) is 0 Å². The van der Waals surface area contributed by atoms with Crippen LogP contribution in [0.2, 0.25) is 0 Å². The molecule has 1 aromatic rings. The fourth-order valence-corrected chi connectivity index (χ4v) is 1.05. The Bertz CT molecular complexity index is 290. The Morgan fingerprint density at radius 3 is 3.08 bits per heavy atom. The van der Waals surface area contributed by atoms with Crippen LogP contribution in [-0.4, -0.2) is 12.6 Å². The number of furan rings is 1. The Balaban J connectivity index is 2.65. The molecule has 0 amide bonds. The van der Waals surface area contributed by atoms with Crippen LogP contribution < -0.4 is 0 Å². The number of carbonyl (C=O) groups is 1. The van der Waals surface area contributed by atoms with Crippen LogP contribution in [0.1, 0.15) is 10.4 Å². The molecule has 0 saturated carbocycles. The third kappa shape index (κ3) is 1.98. The summed E-state index contributed by atoms with van der Waals surface area (Å²) in [5.74, 6) is -0.421. The molecule has 0 bridgehead atoms. The average molecular weight is 231 g/mol. The molecule has 0 aliphatic rings. The van der Waals surface area contributed by atoms with Crippen LogP contribution in [0.15, 0.2) is 34.1 Å². The fraction of sp³-hybridized carbons (Fsp3) is 0.125. The highest BCUT2D eigenvalue weighted by atomic mass is 79.9. The lowest BCUT2D eigenvalue weighted by molar-refractivity contribution is 0.0547. The maximum Gasteiger partial charge on any atom is 0.342 e. The first-order valence-electron chi connectivity index (χ1n) is 3.26. The molecule has 0 spiro atoms. The summed E-state index contributed by atoms with van der Waals surface area (Å²) in [6.07, 6.45) is 2.92. The predicted molar refractivity (Wildman–Crippen MR) is 46.9 cm³/mol. The van der Waals surface area contributed by atoms with E-state index in [9.17, 15) is 4.79 Å². The molecule has 64 valence electrons. The average Bonchev–Trinajstić information content (AvgIpc) is 2.47. The number of hydrogen-bond donors (Lipinski definition) is 0. The van der Waals surface area contributed by atoms with Gasteiger partial charge >= 0.3 is 5.97 Å². The van der Waals surface area contributed by atoms with Crippen molar-refractivity contribution in [3.8, 4) is 0 Å². The highest BCUT2D eigenvalue weighted by Crippen LogP contribution is 2.18. The molecule has 1 rings (SSSR count). The van der Waals surface area contributed by atoms with Crippen molar-refractivity contribution in [2.45, 2.75) is 0 Å². The van der Waals surface area contributed by atoms with Gasteiger partial charge in [0.05, 0.1) is 6.26 Å². The van der Waals surface area contributed by atoms with Crippen molar-refractivity contribution in [3.05, 3.63) is 35.2 Å². The van der Waals surface area contributed by atoms with Crippen molar-refractivity contribution in [2.75, 3.05) is 6.61 Å². The van der Waals surface area contributed by atoms with Gasteiger partial charge in [-0.25, -0.2) is 4.79 Å². The summed E-state index contributed by atoms with van der Waals surface area (Å²) in [6, 6.07) is 1.54. The second-order valence-corrected chi connectivity index (χ2v) is 2.72. The summed E-state index contributed by atoms with van der Waals surface area (Å²) in [7, 11) is 0. The predicted octanol–water partition coefficient (Wildman–Crippen LogP) is 2.38. The van der Waals surface area contributed by atoms with Gasteiger partial charge in [0.25, 0.3) is 0 Å². The first-order valence-corrected chi connectivity index (χ1v) is 4.06. The first kappa shape index (κ1) is 9.06. The Kier molecular flexibility index (Phi) is 3.10. The minimum atomic E-state index is -0.421. The van der Waals surface area contributed by atoms with Crippen LogP contribution in [0.3, 0.4) is 0 Å². The summed E-state index contributed by atoms with van der Waals surface area (Å²) in [5.41, 5.74) is 0.386. The Morgan fingerprint density at radius 1 is 1.83 bits per heavy atom. The molecule has 0 atom stereocenters. The smallest absolute Gasteiger partial charge is 0.342 e. The van der Waals surface area contributed by atoms with Gasteiger partial charge in [-0.05, 0) is 22.0 Å². The lowest BCUT2D eigenvalue weighted by Crippen LogP contribution is -2.03. The van der Waals surface area contributed by atoms with E-state index in [1.807, 2.05) is 0 Å². The summed E-state index contributed by atoms with van der Waals surface area (Å²) in [5, 5.41) is 0. The number of halogens is 1. The van der Waals surface area contributed by atoms with E-state index in [0.29, 0.717) is 10.2 Å². The van der Waals surface area contributed by atoms with E-state index < -0.39 is 5.97 Å². The van der Waals surface area contributed by atoms with E-state index in [1.54, 1.807) is 0 Å². The third-order valence-corrected chi connectivity index (χ3v) is 1.78. The maximum atomic E-state index is 11.1. The van der Waals surface area contributed by atoms with Gasteiger partial charge in [-0.2, -0.15) is 0 Å². The van der Waals surface area contributed by atoms with E-state index in [2.05, 4.69) is 22.5 Å². The van der Waals surface area contributed by atoms with Gasteiger partial charge in [-0.1, -0.05) is 12.7 Å².